The van der Waals surface area contributed by atoms with Crippen LogP contribution in [-0.4, -0.2) is 18.6 Å². The maximum atomic E-state index is 11.5. The fourth-order valence-corrected chi connectivity index (χ4v) is 2.87. The van der Waals surface area contributed by atoms with Crippen LogP contribution in [0.3, 0.4) is 0 Å². The predicted molar refractivity (Wildman–Crippen MR) is 58.2 cm³/mol. The smallest absolute Gasteiger partial charge is 0.323 e. The summed E-state index contributed by atoms with van der Waals surface area (Å²) in [6, 6.07) is -0.386. The summed E-state index contributed by atoms with van der Waals surface area (Å²) in [6.07, 6.45) is 7.52. The van der Waals surface area contributed by atoms with Crippen molar-refractivity contribution in [3.05, 3.63) is 0 Å². The zero-order valence-corrected chi connectivity index (χ0v) is 9.50. The molecule has 0 heterocycles. The van der Waals surface area contributed by atoms with Crippen LogP contribution in [0.2, 0.25) is 0 Å². The third-order valence-corrected chi connectivity index (χ3v) is 4.00. The lowest BCUT2D eigenvalue weighted by Crippen LogP contribution is -2.41. The van der Waals surface area contributed by atoms with Crippen LogP contribution in [0.25, 0.3) is 0 Å². The summed E-state index contributed by atoms with van der Waals surface area (Å²) in [5.74, 6) is 0.153. The van der Waals surface area contributed by atoms with Gasteiger partial charge in [0.15, 0.2) is 0 Å². The molecule has 2 aliphatic rings. The molecule has 0 aromatic carbocycles. The van der Waals surface area contributed by atoms with Gasteiger partial charge >= 0.3 is 5.97 Å². The largest absolute Gasteiger partial charge is 0.465 e. The van der Waals surface area contributed by atoms with E-state index in [0.717, 1.165) is 12.8 Å². The van der Waals surface area contributed by atoms with Crippen molar-refractivity contribution in [1.82, 2.24) is 0 Å². The molecule has 15 heavy (non-hydrogen) atoms. The first kappa shape index (κ1) is 10.9. The molecule has 0 saturated heterocycles. The van der Waals surface area contributed by atoms with Gasteiger partial charge in [0.25, 0.3) is 0 Å². The van der Waals surface area contributed by atoms with Crippen molar-refractivity contribution in [3.63, 3.8) is 0 Å². The van der Waals surface area contributed by atoms with Crippen molar-refractivity contribution in [2.75, 3.05) is 6.61 Å². The Morgan fingerprint density at radius 3 is 2.87 bits per heavy atom. The lowest BCUT2D eigenvalue weighted by atomic mass is 9.76. The molecule has 0 radical (unpaired) electrons. The van der Waals surface area contributed by atoms with E-state index in [4.69, 9.17) is 10.5 Å². The molecule has 0 aromatic rings. The topological polar surface area (TPSA) is 52.3 Å². The van der Waals surface area contributed by atoms with E-state index in [9.17, 15) is 4.79 Å². The molecule has 2 saturated carbocycles. The zero-order chi connectivity index (χ0) is 10.9. The van der Waals surface area contributed by atoms with Gasteiger partial charge in [-0.1, -0.05) is 6.42 Å². The second-order valence-corrected chi connectivity index (χ2v) is 5.13. The summed E-state index contributed by atoms with van der Waals surface area (Å²) in [4.78, 5) is 11.5. The van der Waals surface area contributed by atoms with Crippen molar-refractivity contribution < 1.29 is 9.53 Å². The van der Waals surface area contributed by atoms with Crippen molar-refractivity contribution in [1.29, 1.82) is 0 Å². The number of rotatable bonds is 3. The molecule has 0 bridgehead atoms. The average Bonchev–Trinajstić information content (AvgIpc) is 2.97. The summed E-state index contributed by atoms with van der Waals surface area (Å²) in [5, 5.41) is 0. The fourth-order valence-electron chi connectivity index (χ4n) is 2.87. The van der Waals surface area contributed by atoms with E-state index >= 15 is 0 Å². The summed E-state index contributed by atoms with van der Waals surface area (Å²) < 4.78 is 4.98. The molecule has 2 atom stereocenters. The van der Waals surface area contributed by atoms with Crippen LogP contribution in [0, 0.1) is 11.3 Å². The Labute approximate surface area is 91.4 Å². The zero-order valence-electron chi connectivity index (χ0n) is 9.50. The maximum absolute atomic E-state index is 11.5. The van der Waals surface area contributed by atoms with Crippen molar-refractivity contribution in [3.8, 4) is 0 Å². The highest BCUT2D eigenvalue weighted by molar-refractivity contribution is 5.75. The molecule has 2 rings (SSSR count). The van der Waals surface area contributed by atoms with Gasteiger partial charge in [-0.15, -0.1) is 0 Å². The van der Waals surface area contributed by atoms with Gasteiger partial charge in [0.2, 0.25) is 0 Å². The second-order valence-electron chi connectivity index (χ2n) is 5.13. The molecular weight excluding hydrogens is 190 g/mol. The monoisotopic (exact) mass is 211 g/mol. The van der Waals surface area contributed by atoms with Crippen LogP contribution in [0.15, 0.2) is 0 Å². The molecule has 0 amide bonds. The van der Waals surface area contributed by atoms with Crippen molar-refractivity contribution >= 4 is 5.97 Å². The molecule has 0 aromatic heterocycles. The molecular formula is C12H21NO2. The highest BCUT2D eigenvalue weighted by atomic mass is 16.5. The van der Waals surface area contributed by atoms with Gasteiger partial charge in [-0.25, -0.2) is 0 Å². The van der Waals surface area contributed by atoms with Gasteiger partial charge in [-0.2, -0.15) is 0 Å². The molecule has 3 nitrogen and oxygen atoms in total. The van der Waals surface area contributed by atoms with Crippen molar-refractivity contribution in [2.45, 2.75) is 51.5 Å². The molecule has 2 aliphatic carbocycles. The Balaban J connectivity index is 1.89. The normalized spacial score (nSPS) is 29.9. The first-order chi connectivity index (χ1) is 7.17. The van der Waals surface area contributed by atoms with Gasteiger partial charge in [-0.3, -0.25) is 4.79 Å². The number of hydrogen-bond acceptors (Lipinski definition) is 3. The summed E-state index contributed by atoms with van der Waals surface area (Å²) in [7, 11) is 0. The molecule has 0 aliphatic heterocycles. The Kier molecular flexibility index (Phi) is 3.01. The minimum atomic E-state index is -0.386. The van der Waals surface area contributed by atoms with E-state index in [1.807, 2.05) is 6.92 Å². The quantitative estimate of drug-likeness (QED) is 0.725. The number of ether oxygens (including phenoxy) is 1. The number of nitrogens with two attached hydrogens (primary N) is 1. The number of carbonyl (C=O) groups excluding carboxylic acids is 1. The van der Waals surface area contributed by atoms with Gasteiger partial charge in [0.05, 0.1) is 6.61 Å². The van der Waals surface area contributed by atoms with Crippen LogP contribution in [-0.2, 0) is 9.53 Å². The summed E-state index contributed by atoms with van der Waals surface area (Å²) >= 11 is 0. The van der Waals surface area contributed by atoms with Gasteiger partial charge in [0, 0.05) is 0 Å². The Hall–Kier alpha value is -0.570. The van der Waals surface area contributed by atoms with Crippen LogP contribution in [0.5, 0.6) is 0 Å². The number of hydrogen-bond donors (Lipinski definition) is 1. The van der Waals surface area contributed by atoms with E-state index in [2.05, 4.69) is 0 Å². The minimum absolute atomic E-state index is 0.208. The SMILES string of the molecule is CCOC(=O)C(N)C1CCCC2(CC2)C1. The van der Waals surface area contributed by atoms with E-state index in [1.165, 1.54) is 25.7 Å². The van der Waals surface area contributed by atoms with Crippen LogP contribution < -0.4 is 5.73 Å². The van der Waals surface area contributed by atoms with Gasteiger partial charge in [-0.05, 0) is 50.4 Å². The molecule has 2 unspecified atom stereocenters. The highest BCUT2D eigenvalue weighted by Gasteiger charge is 2.47. The van der Waals surface area contributed by atoms with Gasteiger partial charge < -0.3 is 10.5 Å². The molecule has 2 N–H and O–H groups in total. The lowest BCUT2D eigenvalue weighted by molar-refractivity contribution is -0.146. The van der Waals surface area contributed by atoms with E-state index < -0.39 is 0 Å². The first-order valence-electron chi connectivity index (χ1n) is 6.09. The third-order valence-electron chi connectivity index (χ3n) is 4.00. The van der Waals surface area contributed by atoms with Crippen molar-refractivity contribution in [2.24, 2.45) is 17.1 Å². The van der Waals surface area contributed by atoms with Crippen LogP contribution in [0.1, 0.15) is 45.4 Å². The molecule has 86 valence electrons. The first-order valence-corrected chi connectivity index (χ1v) is 6.09. The van der Waals surface area contributed by atoms with E-state index in [1.54, 1.807) is 0 Å². The number of carbonyl (C=O) groups is 1. The van der Waals surface area contributed by atoms with Crippen LogP contribution in [0.4, 0.5) is 0 Å². The maximum Gasteiger partial charge on any atom is 0.323 e. The highest BCUT2D eigenvalue weighted by Crippen LogP contribution is 2.57. The molecule has 3 heteroatoms. The fraction of sp³-hybridized carbons (Fsp3) is 0.917. The van der Waals surface area contributed by atoms with E-state index in [-0.39, 0.29) is 12.0 Å². The summed E-state index contributed by atoms with van der Waals surface area (Å²) in [6.45, 7) is 2.26. The Morgan fingerprint density at radius 1 is 1.53 bits per heavy atom. The Bertz CT molecular complexity index is 248. The molecule has 1 spiro atoms. The third kappa shape index (κ3) is 2.33. The number of esters is 1. The average molecular weight is 211 g/mol. The van der Waals surface area contributed by atoms with Gasteiger partial charge in [0.1, 0.15) is 6.04 Å². The predicted octanol–water partition coefficient (Wildman–Crippen LogP) is 1.85. The van der Waals surface area contributed by atoms with Crippen LogP contribution >= 0.6 is 0 Å². The Morgan fingerprint density at radius 2 is 2.27 bits per heavy atom. The second kappa shape index (κ2) is 4.12. The summed E-state index contributed by atoms with van der Waals surface area (Å²) in [5.41, 5.74) is 6.53. The van der Waals surface area contributed by atoms with E-state index in [0.29, 0.717) is 17.9 Å². The molecule has 2 fully saturated rings. The lowest BCUT2D eigenvalue weighted by Gasteiger charge is -2.31. The minimum Gasteiger partial charge on any atom is -0.465 e. The standard InChI is InChI=1S/C12H21NO2/c1-2-15-11(14)10(13)9-4-3-5-12(8-9)6-7-12/h9-10H,2-8,13H2,1H3.